The summed E-state index contributed by atoms with van der Waals surface area (Å²) in [5.74, 6) is 0. The summed E-state index contributed by atoms with van der Waals surface area (Å²) >= 11 is 0. The highest BCUT2D eigenvalue weighted by atomic mass is 32.2. The minimum absolute atomic E-state index is 0.335. The highest BCUT2D eigenvalue weighted by Crippen LogP contribution is 2.12. The van der Waals surface area contributed by atoms with Crippen molar-refractivity contribution >= 4 is 15.9 Å². The molecule has 1 amide bonds. The second-order valence-electron chi connectivity index (χ2n) is 6.14. The summed E-state index contributed by atoms with van der Waals surface area (Å²) < 4.78 is 27.1. The van der Waals surface area contributed by atoms with Gasteiger partial charge in [-0.05, 0) is 34.6 Å². The van der Waals surface area contributed by atoms with E-state index in [1.165, 1.54) is 6.26 Å². The highest BCUT2D eigenvalue weighted by molar-refractivity contribution is 7.92. The Labute approximate surface area is 116 Å². The predicted molar refractivity (Wildman–Crippen MR) is 76.0 cm³/mol. The van der Waals surface area contributed by atoms with Crippen LogP contribution in [0.25, 0.3) is 0 Å². The third-order valence-corrected chi connectivity index (χ3v) is 4.68. The minimum atomic E-state index is -3.10. The van der Waals surface area contributed by atoms with E-state index < -0.39 is 26.3 Å². The molecule has 0 spiro atoms. The molecule has 6 nitrogen and oxygen atoms in total. The zero-order chi connectivity index (χ0) is 15.3. The van der Waals surface area contributed by atoms with Crippen LogP contribution in [-0.4, -0.2) is 50.7 Å². The zero-order valence-electron chi connectivity index (χ0n) is 12.7. The minimum Gasteiger partial charge on any atom is -0.444 e. The van der Waals surface area contributed by atoms with E-state index in [4.69, 9.17) is 4.74 Å². The van der Waals surface area contributed by atoms with E-state index in [9.17, 15) is 13.2 Å². The van der Waals surface area contributed by atoms with E-state index in [-0.39, 0.29) is 0 Å². The second kappa shape index (κ2) is 6.56. The fraction of sp³-hybridized carbons (Fsp3) is 0.917. The Bertz CT molecular complexity index is 396. The molecule has 0 bridgehead atoms. The van der Waals surface area contributed by atoms with Crippen LogP contribution in [0.3, 0.4) is 0 Å². The SMILES string of the molecule is CC(C)(C)OC(=O)NCCNCC(C)(C)S(C)(=O)=O. The molecule has 0 heterocycles. The van der Waals surface area contributed by atoms with Crippen LogP contribution in [0.2, 0.25) is 0 Å². The van der Waals surface area contributed by atoms with Crippen molar-refractivity contribution in [2.75, 3.05) is 25.9 Å². The maximum atomic E-state index is 11.5. The molecule has 0 unspecified atom stereocenters. The molecule has 0 saturated heterocycles. The summed E-state index contributed by atoms with van der Waals surface area (Å²) in [7, 11) is -3.10. The largest absolute Gasteiger partial charge is 0.444 e. The number of carbonyl (C=O) groups excluding carboxylic acids is 1. The Kier molecular flexibility index (Phi) is 6.28. The van der Waals surface area contributed by atoms with Crippen LogP contribution in [0.1, 0.15) is 34.6 Å². The summed E-state index contributed by atoms with van der Waals surface area (Å²) in [6, 6.07) is 0. The van der Waals surface area contributed by atoms with Crippen molar-refractivity contribution < 1.29 is 17.9 Å². The zero-order valence-corrected chi connectivity index (χ0v) is 13.5. The van der Waals surface area contributed by atoms with Crippen molar-refractivity contribution in [3.63, 3.8) is 0 Å². The molecule has 2 N–H and O–H groups in total. The van der Waals surface area contributed by atoms with E-state index in [0.29, 0.717) is 19.6 Å². The van der Waals surface area contributed by atoms with Gasteiger partial charge in [0.15, 0.2) is 9.84 Å². The monoisotopic (exact) mass is 294 g/mol. The Morgan fingerprint density at radius 2 is 1.63 bits per heavy atom. The van der Waals surface area contributed by atoms with Crippen LogP contribution in [0.5, 0.6) is 0 Å². The fourth-order valence-corrected chi connectivity index (χ4v) is 1.45. The van der Waals surface area contributed by atoms with Crippen molar-refractivity contribution in [2.24, 2.45) is 0 Å². The van der Waals surface area contributed by atoms with Gasteiger partial charge in [-0.25, -0.2) is 13.2 Å². The molecule has 0 aromatic rings. The first-order valence-corrected chi connectivity index (χ1v) is 8.11. The van der Waals surface area contributed by atoms with Crippen LogP contribution < -0.4 is 10.6 Å². The van der Waals surface area contributed by atoms with Gasteiger partial charge in [-0.1, -0.05) is 0 Å². The van der Waals surface area contributed by atoms with E-state index in [1.807, 2.05) is 0 Å². The molecule has 0 atom stereocenters. The van der Waals surface area contributed by atoms with E-state index in [2.05, 4.69) is 10.6 Å². The van der Waals surface area contributed by atoms with Gasteiger partial charge in [0, 0.05) is 25.9 Å². The highest BCUT2D eigenvalue weighted by Gasteiger charge is 2.29. The Morgan fingerprint density at radius 3 is 2.05 bits per heavy atom. The van der Waals surface area contributed by atoms with Gasteiger partial charge in [0.2, 0.25) is 0 Å². The van der Waals surface area contributed by atoms with Crippen LogP contribution in [-0.2, 0) is 14.6 Å². The molecule has 7 heteroatoms. The lowest BCUT2D eigenvalue weighted by molar-refractivity contribution is 0.0528. The summed E-state index contributed by atoms with van der Waals surface area (Å²) in [6.07, 6.45) is 0.741. The number of nitrogens with one attached hydrogen (secondary N) is 2. The molecule has 0 radical (unpaired) electrons. The lowest BCUT2D eigenvalue weighted by Gasteiger charge is -2.23. The molecule has 19 heavy (non-hydrogen) atoms. The van der Waals surface area contributed by atoms with Crippen LogP contribution in [0.15, 0.2) is 0 Å². The maximum absolute atomic E-state index is 11.5. The van der Waals surface area contributed by atoms with E-state index >= 15 is 0 Å². The number of carbonyl (C=O) groups is 1. The number of alkyl carbamates (subject to hydrolysis) is 1. The number of rotatable bonds is 6. The molecule has 0 fully saturated rings. The predicted octanol–water partition coefficient (Wildman–Crippen LogP) is 0.924. The number of sulfone groups is 1. The van der Waals surface area contributed by atoms with E-state index in [1.54, 1.807) is 34.6 Å². The lowest BCUT2D eigenvalue weighted by Crippen LogP contribution is -2.44. The average Bonchev–Trinajstić information content (AvgIpc) is 2.11. The number of hydrogen-bond donors (Lipinski definition) is 2. The van der Waals surface area contributed by atoms with Gasteiger partial charge in [-0.15, -0.1) is 0 Å². The molecular weight excluding hydrogens is 268 g/mol. The quantitative estimate of drug-likeness (QED) is 0.712. The second-order valence-corrected chi connectivity index (χ2v) is 8.79. The third-order valence-electron chi connectivity index (χ3n) is 2.52. The van der Waals surface area contributed by atoms with Crippen molar-refractivity contribution in [1.29, 1.82) is 0 Å². The van der Waals surface area contributed by atoms with Crippen LogP contribution in [0.4, 0.5) is 4.79 Å². The lowest BCUT2D eigenvalue weighted by atomic mass is 10.2. The van der Waals surface area contributed by atoms with Gasteiger partial charge in [0.05, 0.1) is 4.75 Å². The van der Waals surface area contributed by atoms with Gasteiger partial charge in [-0.3, -0.25) is 0 Å². The molecule has 0 rings (SSSR count). The molecule has 0 saturated carbocycles. The first-order valence-electron chi connectivity index (χ1n) is 6.22. The Morgan fingerprint density at radius 1 is 1.11 bits per heavy atom. The number of amides is 1. The molecule has 0 aliphatic carbocycles. The first-order chi connectivity index (χ1) is 8.35. The topological polar surface area (TPSA) is 84.5 Å². The molecule has 0 aromatic heterocycles. The van der Waals surface area contributed by atoms with Gasteiger partial charge < -0.3 is 15.4 Å². The molecule has 114 valence electrons. The number of ether oxygens (including phenoxy) is 1. The maximum Gasteiger partial charge on any atom is 0.407 e. The standard InChI is InChI=1S/C12H26N2O4S/c1-11(2,3)18-10(15)14-8-7-13-9-12(4,5)19(6,16)17/h13H,7-9H2,1-6H3,(H,14,15). The molecule has 0 aliphatic heterocycles. The van der Waals surface area contributed by atoms with Gasteiger partial charge in [0.1, 0.15) is 5.60 Å². The van der Waals surface area contributed by atoms with Crippen molar-refractivity contribution in [3.05, 3.63) is 0 Å². The Hall–Kier alpha value is -0.820. The summed E-state index contributed by atoms with van der Waals surface area (Å²) in [6.45, 7) is 9.90. The average molecular weight is 294 g/mol. The van der Waals surface area contributed by atoms with Gasteiger partial charge >= 0.3 is 6.09 Å². The summed E-state index contributed by atoms with van der Waals surface area (Å²) in [5, 5.41) is 5.59. The fourth-order valence-electron chi connectivity index (χ4n) is 1.09. The van der Waals surface area contributed by atoms with Crippen LogP contribution in [0, 0.1) is 0 Å². The first kappa shape index (κ1) is 18.2. The summed E-state index contributed by atoms with van der Waals surface area (Å²) in [5.41, 5.74) is -0.518. The van der Waals surface area contributed by atoms with Crippen molar-refractivity contribution in [2.45, 2.75) is 45.0 Å². The smallest absolute Gasteiger partial charge is 0.407 e. The van der Waals surface area contributed by atoms with Crippen molar-refractivity contribution in [3.8, 4) is 0 Å². The van der Waals surface area contributed by atoms with Crippen molar-refractivity contribution in [1.82, 2.24) is 10.6 Å². The van der Waals surface area contributed by atoms with Crippen LogP contribution >= 0.6 is 0 Å². The van der Waals surface area contributed by atoms with E-state index in [0.717, 1.165) is 0 Å². The Balaban J connectivity index is 3.87. The van der Waals surface area contributed by atoms with Gasteiger partial charge in [-0.2, -0.15) is 0 Å². The van der Waals surface area contributed by atoms with Gasteiger partial charge in [0.25, 0.3) is 0 Å². The molecule has 0 aliphatic rings. The normalized spacial score (nSPS) is 13.2. The summed E-state index contributed by atoms with van der Waals surface area (Å²) in [4.78, 5) is 11.3. The third kappa shape index (κ3) is 8.05. The molecular formula is C12H26N2O4S. The number of hydrogen-bond acceptors (Lipinski definition) is 5. The molecule has 0 aromatic carbocycles.